The van der Waals surface area contributed by atoms with Crippen LogP contribution >= 0.6 is 11.8 Å². The molecule has 2 aromatic rings. The van der Waals surface area contributed by atoms with Gasteiger partial charge in [0.25, 0.3) is 0 Å². The van der Waals surface area contributed by atoms with Gasteiger partial charge in [-0.1, -0.05) is 85.6 Å². The van der Waals surface area contributed by atoms with E-state index in [0.717, 1.165) is 40.4 Å². The minimum absolute atomic E-state index is 0.101. The second kappa shape index (κ2) is 11.6. The van der Waals surface area contributed by atoms with Gasteiger partial charge in [0.15, 0.2) is 5.17 Å². The van der Waals surface area contributed by atoms with Crippen LogP contribution in [0, 0.1) is 6.92 Å². The van der Waals surface area contributed by atoms with Crippen molar-refractivity contribution in [3.05, 3.63) is 88.0 Å². The van der Waals surface area contributed by atoms with E-state index >= 15 is 0 Å². The van der Waals surface area contributed by atoms with Gasteiger partial charge in [0.05, 0.1) is 30.3 Å². The lowest BCUT2D eigenvalue weighted by molar-refractivity contribution is -0.139. The number of carbonyl (C=O) groups is 2. The summed E-state index contributed by atoms with van der Waals surface area (Å²) in [7, 11) is 1.93. The van der Waals surface area contributed by atoms with E-state index in [1.807, 2.05) is 66.7 Å². The number of hydrogen-bond donors (Lipinski definition) is 0. The summed E-state index contributed by atoms with van der Waals surface area (Å²) < 4.78 is 5.61. The fourth-order valence-electron chi connectivity index (χ4n) is 5.63. The van der Waals surface area contributed by atoms with Crippen molar-refractivity contribution in [2.24, 2.45) is 4.99 Å². The van der Waals surface area contributed by atoms with Gasteiger partial charge < -0.3 is 14.5 Å². The fourth-order valence-corrected chi connectivity index (χ4v) is 6.55. The molecule has 2 aliphatic heterocycles. The van der Waals surface area contributed by atoms with Gasteiger partial charge in [-0.05, 0) is 43.2 Å². The van der Waals surface area contributed by atoms with Crippen LogP contribution in [0.5, 0.6) is 0 Å². The lowest BCUT2D eigenvalue weighted by atomic mass is 9.89. The number of nitrogens with zero attached hydrogens (tertiary/aromatic N) is 3. The molecular weight excluding hydrogens is 494 g/mol. The lowest BCUT2D eigenvalue weighted by Crippen LogP contribution is -2.41. The molecule has 0 radical (unpaired) electrons. The highest BCUT2D eigenvalue weighted by molar-refractivity contribution is 8.16. The summed E-state index contributed by atoms with van der Waals surface area (Å²) in [6.07, 6.45) is 5.99. The van der Waals surface area contributed by atoms with Crippen molar-refractivity contribution < 1.29 is 14.3 Å². The Kier molecular flexibility index (Phi) is 8.03. The highest BCUT2D eigenvalue weighted by Gasteiger charge is 2.43. The standard InChI is InChI=1S/C31H35N3O3S/c1-4-37-30(36)27-28(22-14-7-5-8-15-22)32-31-34(29(27)25-18-12-11-13-21(25)2)24(20-38-31)19-26(35)33(3)23-16-9-6-10-17-23/h5,7-8,11-15,18,20,23,29H,4,6,9-10,16-17,19H2,1-3H3/t29-/m1/s1. The predicted octanol–water partition coefficient (Wildman–Crippen LogP) is 6.45. The number of benzene rings is 2. The molecule has 7 heteroatoms. The number of fused-ring (bicyclic) bond motifs is 1. The van der Waals surface area contributed by atoms with E-state index in [4.69, 9.17) is 9.73 Å². The SMILES string of the molecule is CCOC(=O)C1=C(c2ccccc2)N=C2SC=C(CC(=O)N(C)C3CCCCC3)N2[C@@H]1c1ccccc1C. The molecule has 1 fully saturated rings. The zero-order valence-electron chi connectivity index (χ0n) is 22.4. The van der Waals surface area contributed by atoms with Crippen LogP contribution in [0.25, 0.3) is 5.70 Å². The summed E-state index contributed by atoms with van der Waals surface area (Å²) in [5, 5.41) is 2.79. The smallest absolute Gasteiger partial charge is 0.338 e. The molecule has 2 aromatic carbocycles. The first kappa shape index (κ1) is 26.3. The monoisotopic (exact) mass is 529 g/mol. The lowest BCUT2D eigenvalue weighted by Gasteiger charge is -2.38. The largest absolute Gasteiger partial charge is 0.463 e. The summed E-state index contributed by atoms with van der Waals surface area (Å²) in [5.41, 5.74) is 4.91. The van der Waals surface area contributed by atoms with Crippen molar-refractivity contribution in [2.75, 3.05) is 13.7 Å². The Morgan fingerprint density at radius 2 is 1.76 bits per heavy atom. The molecule has 0 bridgehead atoms. The van der Waals surface area contributed by atoms with E-state index in [2.05, 4.69) is 24.0 Å². The molecule has 0 saturated heterocycles. The van der Waals surface area contributed by atoms with Gasteiger partial charge >= 0.3 is 5.97 Å². The Bertz CT molecular complexity index is 1290. The van der Waals surface area contributed by atoms with Gasteiger partial charge in [0.2, 0.25) is 5.91 Å². The number of aryl methyl sites for hydroxylation is 1. The second-order valence-corrected chi connectivity index (χ2v) is 10.9. The third-order valence-electron chi connectivity index (χ3n) is 7.68. The summed E-state index contributed by atoms with van der Waals surface area (Å²) in [6.45, 7) is 4.14. The molecule has 2 heterocycles. The number of hydrogen-bond acceptors (Lipinski definition) is 6. The number of rotatable bonds is 7. The number of aliphatic imine (C=N–C) groups is 1. The van der Waals surface area contributed by atoms with Crippen molar-refractivity contribution in [3.63, 3.8) is 0 Å². The molecular formula is C31H35N3O3S. The first-order valence-electron chi connectivity index (χ1n) is 13.5. The maximum Gasteiger partial charge on any atom is 0.338 e. The zero-order chi connectivity index (χ0) is 26.6. The van der Waals surface area contributed by atoms with E-state index in [1.165, 1.54) is 31.0 Å². The highest BCUT2D eigenvalue weighted by atomic mass is 32.2. The van der Waals surface area contributed by atoms with Crippen LogP contribution in [0.3, 0.4) is 0 Å². The fraction of sp³-hybridized carbons (Fsp3) is 0.387. The molecule has 3 aliphatic rings. The van der Waals surface area contributed by atoms with E-state index in [-0.39, 0.29) is 24.9 Å². The Balaban J connectivity index is 1.57. The van der Waals surface area contributed by atoms with Crippen LogP contribution in [0.2, 0.25) is 0 Å². The van der Waals surface area contributed by atoms with Crippen LogP contribution < -0.4 is 0 Å². The number of carbonyl (C=O) groups excluding carboxylic acids is 2. The average Bonchev–Trinajstić information content (AvgIpc) is 3.35. The summed E-state index contributed by atoms with van der Waals surface area (Å²) in [6, 6.07) is 17.7. The Morgan fingerprint density at radius 1 is 1.05 bits per heavy atom. The molecule has 5 rings (SSSR count). The average molecular weight is 530 g/mol. The van der Waals surface area contributed by atoms with E-state index in [1.54, 1.807) is 0 Å². The zero-order valence-corrected chi connectivity index (χ0v) is 23.2. The van der Waals surface area contributed by atoms with Crippen LogP contribution in [-0.2, 0) is 14.3 Å². The minimum atomic E-state index is -0.452. The number of ether oxygens (including phenoxy) is 1. The van der Waals surface area contributed by atoms with Gasteiger partial charge in [-0.3, -0.25) is 4.79 Å². The van der Waals surface area contributed by atoms with E-state index in [0.29, 0.717) is 17.3 Å². The van der Waals surface area contributed by atoms with Crippen molar-refractivity contribution in [1.82, 2.24) is 9.80 Å². The molecule has 6 nitrogen and oxygen atoms in total. The molecule has 38 heavy (non-hydrogen) atoms. The number of amides is 1. The van der Waals surface area contributed by atoms with E-state index in [9.17, 15) is 9.59 Å². The van der Waals surface area contributed by atoms with Gasteiger partial charge in [0, 0.05) is 24.4 Å². The first-order chi connectivity index (χ1) is 18.5. The maximum absolute atomic E-state index is 13.6. The highest BCUT2D eigenvalue weighted by Crippen LogP contribution is 2.47. The van der Waals surface area contributed by atoms with Crippen LogP contribution in [0.4, 0.5) is 0 Å². The molecule has 0 unspecified atom stereocenters. The molecule has 1 aliphatic carbocycles. The molecule has 1 saturated carbocycles. The third kappa shape index (κ3) is 5.17. The van der Waals surface area contributed by atoms with Gasteiger partial charge in [-0.15, -0.1) is 0 Å². The minimum Gasteiger partial charge on any atom is -0.463 e. The predicted molar refractivity (Wildman–Crippen MR) is 153 cm³/mol. The summed E-state index contributed by atoms with van der Waals surface area (Å²) in [4.78, 5) is 36.1. The normalized spacial score (nSPS) is 19.6. The van der Waals surface area contributed by atoms with E-state index < -0.39 is 6.04 Å². The Morgan fingerprint density at radius 3 is 2.47 bits per heavy atom. The molecule has 0 aromatic heterocycles. The van der Waals surface area contributed by atoms with Gasteiger partial charge in [-0.2, -0.15) is 0 Å². The van der Waals surface area contributed by atoms with Crippen molar-refractivity contribution in [2.45, 2.75) is 64.5 Å². The summed E-state index contributed by atoms with van der Waals surface area (Å²) >= 11 is 1.51. The molecule has 0 N–H and O–H groups in total. The number of esters is 1. The quantitative estimate of drug-likeness (QED) is 0.386. The Hall–Kier alpha value is -3.32. The van der Waals surface area contributed by atoms with Gasteiger partial charge in [0.1, 0.15) is 0 Å². The topological polar surface area (TPSA) is 62.2 Å². The molecule has 1 atom stereocenters. The third-order valence-corrected chi connectivity index (χ3v) is 8.57. The van der Waals surface area contributed by atoms with Crippen LogP contribution in [0.1, 0.15) is 68.2 Å². The maximum atomic E-state index is 13.6. The van der Waals surface area contributed by atoms with Crippen LogP contribution in [-0.4, -0.2) is 46.5 Å². The second-order valence-electron chi connectivity index (χ2n) is 10.1. The first-order valence-corrected chi connectivity index (χ1v) is 14.4. The number of thioether (sulfide) groups is 1. The molecule has 1 amide bonds. The Labute approximate surface area is 229 Å². The van der Waals surface area contributed by atoms with Crippen molar-refractivity contribution >= 4 is 34.5 Å². The van der Waals surface area contributed by atoms with Gasteiger partial charge in [-0.25, -0.2) is 9.79 Å². The molecule has 198 valence electrons. The summed E-state index contributed by atoms with van der Waals surface area (Å²) in [5.74, 6) is -0.284. The van der Waals surface area contributed by atoms with Crippen molar-refractivity contribution in [1.29, 1.82) is 0 Å². The molecule has 0 spiro atoms. The van der Waals surface area contributed by atoms with Crippen LogP contribution in [0.15, 0.2) is 76.3 Å². The van der Waals surface area contributed by atoms with Crippen molar-refractivity contribution in [3.8, 4) is 0 Å². The number of amidine groups is 1.